The van der Waals surface area contributed by atoms with E-state index in [0.717, 1.165) is 16.0 Å². The lowest BCUT2D eigenvalue weighted by atomic mass is 10.1. The van der Waals surface area contributed by atoms with Crippen molar-refractivity contribution >= 4 is 46.4 Å². The summed E-state index contributed by atoms with van der Waals surface area (Å²) in [6.45, 7) is 3.66. The van der Waals surface area contributed by atoms with Crippen LogP contribution in [0.15, 0.2) is 77.5 Å². The van der Waals surface area contributed by atoms with Crippen LogP contribution in [0.3, 0.4) is 0 Å². The van der Waals surface area contributed by atoms with Crippen LogP contribution in [0.2, 0.25) is 0 Å². The van der Waals surface area contributed by atoms with Gasteiger partial charge in [0.25, 0.3) is 17.7 Å². The van der Waals surface area contributed by atoms with Crippen molar-refractivity contribution in [1.82, 2.24) is 0 Å². The quantitative estimate of drug-likeness (QED) is 0.514. The van der Waals surface area contributed by atoms with Crippen LogP contribution in [0, 0.1) is 19.7 Å². The minimum Gasteiger partial charge on any atom is -0.350 e. The molecule has 1 aliphatic heterocycles. The standard InChI is InChI=1S/C25H19ClFN3O3/c1-14-10-11-15(2)20(12-14)30-24(32)21(26)22(25(30)33)28-17-7-5-6-16(13-17)23(31)29-19-9-4-3-8-18(19)27/h3-13,28H,1-2H3,(H,29,31). The largest absolute Gasteiger partial charge is 0.350 e. The second-order valence-electron chi connectivity index (χ2n) is 7.56. The molecule has 0 aromatic heterocycles. The van der Waals surface area contributed by atoms with Crippen LogP contribution >= 0.6 is 11.6 Å². The van der Waals surface area contributed by atoms with Crippen LogP contribution in [0.25, 0.3) is 0 Å². The van der Waals surface area contributed by atoms with E-state index in [1.165, 1.54) is 24.3 Å². The zero-order valence-electron chi connectivity index (χ0n) is 17.8. The summed E-state index contributed by atoms with van der Waals surface area (Å²) in [6, 6.07) is 17.5. The Labute approximate surface area is 194 Å². The second-order valence-corrected chi connectivity index (χ2v) is 7.94. The highest BCUT2D eigenvalue weighted by molar-refractivity contribution is 6.53. The third-order valence-electron chi connectivity index (χ3n) is 5.15. The van der Waals surface area contributed by atoms with Crippen molar-refractivity contribution in [3.05, 3.63) is 100.0 Å². The normalized spacial score (nSPS) is 13.5. The fourth-order valence-electron chi connectivity index (χ4n) is 3.43. The van der Waals surface area contributed by atoms with E-state index in [1.807, 2.05) is 19.1 Å². The summed E-state index contributed by atoms with van der Waals surface area (Å²) in [7, 11) is 0. The smallest absolute Gasteiger partial charge is 0.283 e. The number of para-hydroxylation sites is 1. The van der Waals surface area contributed by atoms with Crippen molar-refractivity contribution in [3.8, 4) is 0 Å². The van der Waals surface area contributed by atoms with E-state index in [0.29, 0.717) is 11.4 Å². The second kappa shape index (κ2) is 8.88. The Morgan fingerprint density at radius 3 is 2.45 bits per heavy atom. The zero-order valence-corrected chi connectivity index (χ0v) is 18.5. The molecule has 4 rings (SSSR count). The molecule has 3 amide bonds. The molecule has 0 saturated heterocycles. The molecule has 0 unspecified atom stereocenters. The first-order valence-corrected chi connectivity index (χ1v) is 10.4. The molecule has 1 heterocycles. The molecule has 2 N–H and O–H groups in total. The maximum Gasteiger partial charge on any atom is 0.283 e. The van der Waals surface area contributed by atoms with Gasteiger partial charge in [0, 0.05) is 11.3 Å². The van der Waals surface area contributed by atoms with Gasteiger partial charge in [-0.3, -0.25) is 14.4 Å². The van der Waals surface area contributed by atoms with Gasteiger partial charge in [-0.05, 0) is 61.4 Å². The molecule has 0 bridgehead atoms. The average molecular weight is 464 g/mol. The van der Waals surface area contributed by atoms with E-state index in [-0.39, 0.29) is 22.0 Å². The maximum atomic E-state index is 13.8. The summed E-state index contributed by atoms with van der Waals surface area (Å²) >= 11 is 6.22. The fourth-order valence-corrected chi connectivity index (χ4v) is 3.64. The van der Waals surface area contributed by atoms with Crippen molar-refractivity contribution < 1.29 is 18.8 Å². The van der Waals surface area contributed by atoms with E-state index in [9.17, 15) is 18.8 Å². The number of rotatable bonds is 5. The summed E-state index contributed by atoms with van der Waals surface area (Å²) < 4.78 is 13.8. The Bertz CT molecular complexity index is 1340. The third kappa shape index (κ3) is 4.36. The minimum atomic E-state index is -0.633. The number of halogens is 2. The average Bonchev–Trinajstić information content (AvgIpc) is 3.00. The number of hydrogen-bond donors (Lipinski definition) is 2. The van der Waals surface area contributed by atoms with Gasteiger partial charge in [0.05, 0.1) is 11.4 Å². The SMILES string of the molecule is Cc1ccc(C)c(N2C(=O)C(Cl)=C(Nc3cccc(C(=O)Nc4ccccc4F)c3)C2=O)c1. The van der Waals surface area contributed by atoms with E-state index in [1.54, 1.807) is 37.3 Å². The summed E-state index contributed by atoms with van der Waals surface area (Å²) in [4.78, 5) is 39.4. The molecule has 0 saturated carbocycles. The molecule has 0 spiro atoms. The summed E-state index contributed by atoms with van der Waals surface area (Å²) in [6.07, 6.45) is 0. The molecule has 0 atom stereocenters. The van der Waals surface area contributed by atoms with Crippen LogP contribution in [0.5, 0.6) is 0 Å². The predicted octanol–water partition coefficient (Wildman–Crippen LogP) is 5.13. The van der Waals surface area contributed by atoms with Crippen LogP contribution in [0.1, 0.15) is 21.5 Å². The van der Waals surface area contributed by atoms with Gasteiger partial charge in [-0.2, -0.15) is 0 Å². The number of nitrogens with one attached hydrogen (secondary N) is 2. The number of aryl methyl sites for hydroxylation is 2. The number of hydrogen-bond acceptors (Lipinski definition) is 4. The van der Waals surface area contributed by atoms with Gasteiger partial charge in [-0.25, -0.2) is 9.29 Å². The number of imide groups is 1. The molecule has 0 aliphatic carbocycles. The van der Waals surface area contributed by atoms with Crippen molar-refractivity contribution in [1.29, 1.82) is 0 Å². The van der Waals surface area contributed by atoms with Crippen LogP contribution in [0.4, 0.5) is 21.5 Å². The van der Waals surface area contributed by atoms with Gasteiger partial charge in [0.2, 0.25) is 0 Å². The Hall–Kier alpha value is -3.97. The number of carbonyl (C=O) groups is 3. The van der Waals surface area contributed by atoms with E-state index in [4.69, 9.17) is 11.6 Å². The minimum absolute atomic E-state index is 0.0485. The van der Waals surface area contributed by atoms with Gasteiger partial charge in [-0.15, -0.1) is 0 Å². The van der Waals surface area contributed by atoms with Gasteiger partial charge < -0.3 is 10.6 Å². The Morgan fingerprint density at radius 2 is 1.70 bits per heavy atom. The number of carbonyl (C=O) groups excluding carboxylic acids is 3. The monoisotopic (exact) mass is 463 g/mol. The fraction of sp³-hybridized carbons (Fsp3) is 0.0800. The topological polar surface area (TPSA) is 78.5 Å². The summed E-state index contributed by atoms with van der Waals surface area (Å²) in [5.74, 6) is -2.32. The van der Waals surface area contributed by atoms with Crippen LogP contribution in [-0.2, 0) is 9.59 Å². The third-order valence-corrected chi connectivity index (χ3v) is 5.50. The zero-order chi connectivity index (χ0) is 23.7. The lowest BCUT2D eigenvalue weighted by molar-refractivity contribution is -0.120. The van der Waals surface area contributed by atoms with Crippen molar-refractivity contribution in [2.24, 2.45) is 0 Å². The molecule has 33 heavy (non-hydrogen) atoms. The summed E-state index contributed by atoms with van der Waals surface area (Å²) in [5.41, 5.74) is 2.65. The summed E-state index contributed by atoms with van der Waals surface area (Å²) in [5, 5.41) is 5.11. The number of anilines is 3. The van der Waals surface area contributed by atoms with Gasteiger partial charge in [0.15, 0.2) is 0 Å². The Morgan fingerprint density at radius 1 is 0.939 bits per heavy atom. The van der Waals surface area contributed by atoms with E-state index in [2.05, 4.69) is 10.6 Å². The van der Waals surface area contributed by atoms with Gasteiger partial charge in [-0.1, -0.05) is 41.9 Å². The predicted molar refractivity (Wildman–Crippen MR) is 126 cm³/mol. The first-order valence-electron chi connectivity index (χ1n) is 10.0. The molecule has 6 nitrogen and oxygen atoms in total. The number of benzene rings is 3. The molecule has 3 aromatic carbocycles. The molecule has 1 aliphatic rings. The van der Waals surface area contributed by atoms with Crippen molar-refractivity contribution in [2.75, 3.05) is 15.5 Å². The Balaban J connectivity index is 1.57. The first kappa shape index (κ1) is 22.2. The van der Waals surface area contributed by atoms with E-state index >= 15 is 0 Å². The highest BCUT2D eigenvalue weighted by atomic mass is 35.5. The molecule has 3 aromatic rings. The van der Waals surface area contributed by atoms with E-state index < -0.39 is 23.5 Å². The first-order chi connectivity index (χ1) is 15.8. The molecule has 166 valence electrons. The van der Waals surface area contributed by atoms with Gasteiger partial charge >= 0.3 is 0 Å². The highest BCUT2D eigenvalue weighted by Crippen LogP contribution is 2.32. The highest BCUT2D eigenvalue weighted by Gasteiger charge is 2.39. The van der Waals surface area contributed by atoms with Gasteiger partial charge in [0.1, 0.15) is 16.5 Å². The number of nitrogens with zero attached hydrogens (tertiary/aromatic N) is 1. The maximum absolute atomic E-state index is 13.8. The van der Waals surface area contributed by atoms with Crippen LogP contribution < -0.4 is 15.5 Å². The lowest BCUT2D eigenvalue weighted by Gasteiger charge is -2.18. The van der Waals surface area contributed by atoms with Crippen LogP contribution in [-0.4, -0.2) is 17.7 Å². The Kier molecular flexibility index (Phi) is 5.98. The van der Waals surface area contributed by atoms with Crippen molar-refractivity contribution in [3.63, 3.8) is 0 Å². The molecule has 0 fully saturated rings. The molecular formula is C25H19ClFN3O3. The lowest BCUT2D eigenvalue weighted by Crippen LogP contribution is -2.33. The molecule has 0 radical (unpaired) electrons. The molecule has 8 heteroatoms. The molecular weight excluding hydrogens is 445 g/mol. The number of amides is 3. The van der Waals surface area contributed by atoms with Crippen molar-refractivity contribution in [2.45, 2.75) is 13.8 Å².